The van der Waals surface area contributed by atoms with Crippen molar-refractivity contribution in [2.75, 3.05) is 12.3 Å². The molecule has 0 bridgehead atoms. The number of benzene rings is 1. The minimum atomic E-state index is 0.0885. The van der Waals surface area contributed by atoms with Gasteiger partial charge in [0.05, 0.1) is 6.04 Å². The molecule has 1 amide bonds. The van der Waals surface area contributed by atoms with E-state index in [1.54, 1.807) is 0 Å². The number of halogens is 1. The molecule has 0 saturated carbocycles. The normalized spacial score (nSPS) is 19.2. The third kappa shape index (κ3) is 4.14. The Morgan fingerprint density at radius 3 is 3.15 bits per heavy atom. The van der Waals surface area contributed by atoms with E-state index in [4.69, 9.17) is 17.3 Å². The highest BCUT2D eigenvalue weighted by molar-refractivity contribution is 7.99. The molecular formula is C15H21ClN2OS. The van der Waals surface area contributed by atoms with Gasteiger partial charge in [0.15, 0.2) is 0 Å². The molecule has 0 saturated heterocycles. The fourth-order valence-corrected chi connectivity index (χ4v) is 3.56. The van der Waals surface area contributed by atoms with Gasteiger partial charge in [0.2, 0.25) is 5.91 Å². The van der Waals surface area contributed by atoms with Crippen LogP contribution in [0, 0.1) is 5.92 Å². The van der Waals surface area contributed by atoms with Crippen molar-refractivity contribution in [3.63, 3.8) is 0 Å². The average molecular weight is 313 g/mol. The van der Waals surface area contributed by atoms with Crippen molar-refractivity contribution in [2.24, 2.45) is 11.7 Å². The molecule has 3 N–H and O–H groups in total. The van der Waals surface area contributed by atoms with Gasteiger partial charge in [0.25, 0.3) is 0 Å². The van der Waals surface area contributed by atoms with Crippen molar-refractivity contribution in [1.29, 1.82) is 0 Å². The molecule has 2 unspecified atom stereocenters. The van der Waals surface area contributed by atoms with E-state index in [2.05, 4.69) is 12.2 Å². The Morgan fingerprint density at radius 2 is 2.40 bits per heavy atom. The Labute approximate surface area is 129 Å². The Bertz CT molecular complexity index is 481. The van der Waals surface area contributed by atoms with E-state index in [9.17, 15) is 4.79 Å². The van der Waals surface area contributed by atoms with Crippen molar-refractivity contribution >= 4 is 29.3 Å². The highest BCUT2D eigenvalue weighted by Crippen LogP contribution is 2.37. The molecule has 0 aliphatic carbocycles. The topological polar surface area (TPSA) is 55.1 Å². The summed E-state index contributed by atoms with van der Waals surface area (Å²) in [6.07, 6.45) is 2.33. The van der Waals surface area contributed by atoms with Gasteiger partial charge in [-0.3, -0.25) is 4.79 Å². The minimum absolute atomic E-state index is 0.0885. The van der Waals surface area contributed by atoms with Crippen LogP contribution in [0.15, 0.2) is 23.1 Å². The predicted molar refractivity (Wildman–Crippen MR) is 85.1 cm³/mol. The summed E-state index contributed by atoms with van der Waals surface area (Å²) in [6.45, 7) is 2.70. The molecule has 1 aromatic rings. The van der Waals surface area contributed by atoms with Crippen molar-refractivity contribution in [1.82, 2.24) is 5.32 Å². The van der Waals surface area contributed by atoms with Crippen LogP contribution < -0.4 is 11.1 Å². The molecule has 1 aliphatic heterocycles. The van der Waals surface area contributed by atoms with Gasteiger partial charge in [0, 0.05) is 22.1 Å². The number of amides is 1. The molecule has 0 spiro atoms. The van der Waals surface area contributed by atoms with Gasteiger partial charge in [-0.2, -0.15) is 0 Å². The van der Waals surface area contributed by atoms with Crippen LogP contribution in [0.3, 0.4) is 0 Å². The third-order valence-electron chi connectivity index (χ3n) is 3.61. The van der Waals surface area contributed by atoms with Crippen molar-refractivity contribution in [2.45, 2.75) is 37.1 Å². The first-order valence-corrected chi connectivity index (χ1v) is 8.38. The second-order valence-electron chi connectivity index (χ2n) is 5.32. The summed E-state index contributed by atoms with van der Waals surface area (Å²) in [4.78, 5) is 13.3. The molecule has 5 heteroatoms. The van der Waals surface area contributed by atoms with E-state index < -0.39 is 0 Å². The highest BCUT2D eigenvalue weighted by atomic mass is 35.5. The molecule has 1 heterocycles. The Balaban J connectivity index is 1.97. The van der Waals surface area contributed by atoms with Crippen LogP contribution in [-0.2, 0) is 4.79 Å². The maximum Gasteiger partial charge on any atom is 0.220 e. The van der Waals surface area contributed by atoms with Crippen LogP contribution in [0.25, 0.3) is 0 Å². The first kappa shape index (κ1) is 15.7. The molecule has 3 nitrogen and oxygen atoms in total. The van der Waals surface area contributed by atoms with Gasteiger partial charge in [-0.15, -0.1) is 11.8 Å². The number of carbonyl (C=O) groups excluding carboxylic acids is 1. The molecule has 20 heavy (non-hydrogen) atoms. The smallest absolute Gasteiger partial charge is 0.220 e. The number of hydrogen-bond acceptors (Lipinski definition) is 3. The predicted octanol–water partition coefficient (Wildman–Crippen LogP) is 3.37. The van der Waals surface area contributed by atoms with Gasteiger partial charge in [-0.05, 0) is 49.1 Å². The fourth-order valence-electron chi connectivity index (χ4n) is 2.28. The molecule has 0 radical (unpaired) electrons. The molecular weight excluding hydrogens is 292 g/mol. The lowest BCUT2D eigenvalue weighted by Crippen LogP contribution is -2.31. The van der Waals surface area contributed by atoms with Gasteiger partial charge in [-0.25, -0.2) is 0 Å². The van der Waals surface area contributed by atoms with Crippen molar-refractivity contribution in [3.05, 3.63) is 28.8 Å². The van der Waals surface area contributed by atoms with Crippen molar-refractivity contribution < 1.29 is 4.79 Å². The second-order valence-corrected chi connectivity index (χ2v) is 6.89. The largest absolute Gasteiger partial charge is 0.349 e. The molecule has 0 fully saturated rings. The number of thioether (sulfide) groups is 1. The number of nitrogens with two attached hydrogens (primary N) is 1. The second kappa shape index (κ2) is 7.34. The number of fused-ring (bicyclic) bond motifs is 1. The lowest BCUT2D eigenvalue weighted by molar-refractivity contribution is -0.122. The van der Waals surface area contributed by atoms with Gasteiger partial charge >= 0.3 is 0 Å². The first-order chi connectivity index (χ1) is 9.60. The van der Waals surface area contributed by atoms with E-state index >= 15 is 0 Å². The summed E-state index contributed by atoms with van der Waals surface area (Å²) in [5.41, 5.74) is 6.72. The summed E-state index contributed by atoms with van der Waals surface area (Å²) < 4.78 is 0. The quantitative estimate of drug-likeness (QED) is 0.876. The molecule has 2 rings (SSSR count). The molecule has 2 atom stereocenters. The van der Waals surface area contributed by atoms with E-state index in [-0.39, 0.29) is 11.9 Å². The van der Waals surface area contributed by atoms with E-state index in [1.807, 2.05) is 30.0 Å². The molecule has 110 valence electrons. The maximum absolute atomic E-state index is 12.0. The SMILES string of the molecule is CC(CN)CCC(=O)NC1CCSc2ccc(Cl)cc21. The zero-order valence-electron chi connectivity index (χ0n) is 11.7. The van der Waals surface area contributed by atoms with Crippen LogP contribution in [0.4, 0.5) is 0 Å². The van der Waals surface area contributed by atoms with E-state index in [0.717, 1.165) is 29.2 Å². The molecule has 0 aromatic heterocycles. The van der Waals surface area contributed by atoms with Crippen LogP contribution in [0.1, 0.15) is 37.8 Å². The zero-order chi connectivity index (χ0) is 14.5. The van der Waals surface area contributed by atoms with Crippen LogP contribution in [0.5, 0.6) is 0 Å². The summed E-state index contributed by atoms with van der Waals surface area (Å²) in [6, 6.07) is 6.00. The Morgan fingerprint density at radius 1 is 1.60 bits per heavy atom. The van der Waals surface area contributed by atoms with Crippen LogP contribution in [0.2, 0.25) is 5.02 Å². The van der Waals surface area contributed by atoms with Gasteiger partial charge in [-0.1, -0.05) is 18.5 Å². The number of nitrogens with one attached hydrogen (secondary N) is 1. The van der Waals surface area contributed by atoms with Crippen LogP contribution >= 0.6 is 23.4 Å². The van der Waals surface area contributed by atoms with Gasteiger partial charge in [0.1, 0.15) is 0 Å². The fraction of sp³-hybridized carbons (Fsp3) is 0.533. The van der Waals surface area contributed by atoms with E-state index in [0.29, 0.717) is 18.9 Å². The zero-order valence-corrected chi connectivity index (χ0v) is 13.3. The number of rotatable bonds is 5. The molecule has 1 aromatic carbocycles. The summed E-state index contributed by atoms with van der Waals surface area (Å²) in [5.74, 6) is 1.52. The highest BCUT2D eigenvalue weighted by Gasteiger charge is 2.22. The standard InChI is InChI=1S/C15H21ClN2OS/c1-10(9-17)2-5-15(19)18-13-6-7-20-14-4-3-11(16)8-12(13)14/h3-4,8,10,13H,2,5-7,9,17H2,1H3,(H,18,19). The van der Waals surface area contributed by atoms with Crippen molar-refractivity contribution in [3.8, 4) is 0 Å². The Hall–Kier alpha value is -0.710. The van der Waals surface area contributed by atoms with Crippen LogP contribution in [-0.4, -0.2) is 18.2 Å². The summed E-state index contributed by atoms with van der Waals surface area (Å²) in [7, 11) is 0. The summed E-state index contributed by atoms with van der Waals surface area (Å²) >= 11 is 7.89. The third-order valence-corrected chi connectivity index (χ3v) is 4.97. The lowest BCUT2D eigenvalue weighted by Gasteiger charge is -2.26. The monoisotopic (exact) mass is 312 g/mol. The lowest BCUT2D eigenvalue weighted by atomic mass is 10.0. The first-order valence-electron chi connectivity index (χ1n) is 7.02. The average Bonchev–Trinajstić information content (AvgIpc) is 2.45. The summed E-state index contributed by atoms with van der Waals surface area (Å²) in [5, 5.41) is 3.85. The maximum atomic E-state index is 12.0. The number of carbonyl (C=O) groups is 1. The molecule has 1 aliphatic rings. The number of hydrogen-bond donors (Lipinski definition) is 2. The van der Waals surface area contributed by atoms with Gasteiger partial charge < -0.3 is 11.1 Å². The Kier molecular flexibility index (Phi) is 5.75. The van der Waals surface area contributed by atoms with E-state index in [1.165, 1.54) is 4.90 Å². The minimum Gasteiger partial charge on any atom is -0.349 e.